The smallest absolute Gasteiger partial charge is 0.306 e. The predicted molar refractivity (Wildman–Crippen MR) is 268 cm³/mol. The molecule has 0 aliphatic heterocycles. The largest absolute Gasteiger partial charge is 0.544 e. The number of hydrogen-bond acceptors (Lipinski definition) is 7. The number of aliphatic carboxylic acids is 1. The van der Waals surface area contributed by atoms with Crippen LogP contribution in [0.1, 0.15) is 264 Å². The lowest BCUT2D eigenvalue weighted by Crippen LogP contribution is -2.55. The molecule has 0 N–H and O–H groups in total. The third-order valence-corrected chi connectivity index (χ3v) is 12.6. The van der Waals surface area contributed by atoms with Gasteiger partial charge in [0.2, 0.25) is 0 Å². The summed E-state index contributed by atoms with van der Waals surface area (Å²) in [6.45, 7) is 4.69. The summed E-state index contributed by atoms with van der Waals surface area (Å²) in [5.74, 6) is -1.73. The fourth-order valence-electron chi connectivity index (χ4n) is 8.30. The summed E-state index contributed by atoms with van der Waals surface area (Å²) in [5.41, 5.74) is 0. The normalized spacial score (nSPS) is 13.0. The molecule has 64 heavy (non-hydrogen) atoms. The minimum Gasteiger partial charge on any atom is -0.544 e. The third kappa shape index (κ3) is 45.0. The maximum atomic E-state index is 12.8. The molecule has 0 heterocycles. The molecule has 0 aromatic heterocycles. The number of allylic oxidation sites excluding steroid dienone is 4. The summed E-state index contributed by atoms with van der Waals surface area (Å²) < 4.78 is 17.3. The molecule has 0 rings (SSSR count). The van der Waals surface area contributed by atoms with Gasteiger partial charge in [-0.05, 0) is 64.2 Å². The lowest BCUT2D eigenvalue weighted by atomic mass is 10.0. The highest BCUT2D eigenvalue weighted by Gasteiger charge is 2.25. The topological polar surface area (TPSA) is 102 Å². The summed E-state index contributed by atoms with van der Waals surface area (Å²) in [4.78, 5) is 37.1. The van der Waals surface area contributed by atoms with Crippen molar-refractivity contribution in [3.05, 3.63) is 24.3 Å². The van der Waals surface area contributed by atoms with Crippen LogP contribution in [0.2, 0.25) is 0 Å². The molecule has 0 amide bonds. The van der Waals surface area contributed by atoms with Gasteiger partial charge in [0.25, 0.3) is 0 Å². The Balaban J connectivity index is 4.20. The van der Waals surface area contributed by atoms with Crippen molar-refractivity contribution in [2.45, 2.75) is 276 Å². The molecule has 0 radical (unpaired) electrons. The summed E-state index contributed by atoms with van der Waals surface area (Å²) >= 11 is 0. The minimum absolute atomic E-state index is 0.0398. The number of carboxylic acid groups (broad SMARTS) is 1. The molecule has 0 aliphatic rings. The average molecular weight is 904 g/mol. The van der Waals surface area contributed by atoms with Crippen LogP contribution in [-0.2, 0) is 28.6 Å². The zero-order valence-corrected chi connectivity index (χ0v) is 43.0. The zero-order valence-electron chi connectivity index (χ0n) is 43.0. The number of rotatable bonds is 50. The second kappa shape index (κ2) is 47.3. The number of esters is 2. The number of carbonyl (C=O) groups is 3. The molecular weight excluding hydrogens is 799 g/mol. The van der Waals surface area contributed by atoms with Crippen LogP contribution in [0.4, 0.5) is 0 Å². The summed E-state index contributed by atoms with van der Waals surface area (Å²) in [6, 6.07) is -0.726. The van der Waals surface area contributed by atoms with Crippen LogP contribution in [0.3, 0.4) is 0 Å². The Bertz CT molecular complexity index is 1100. The molecule has 8 nitrogen and oxygen atoms in total. The number of quaternary nitrogens is 1. The predicted octanol–water partition coefficient (Wildman–Crippen LogP) is 14.6. The van der Waals surface area contributed by atoms with E-state index in [0.717, 1.165) is 51.4 Å². The first-order valence-corrected chi connectivity index (χ1v) is 27.4. The number of nitrogens with zero attached hydrogens (tertiary/aromatic N) is 1. The van der Waals surface area contributed by atoms with Gasteiger partial charge in [0.15, 0.2) is 6.10 Å². The van der Waals surface area contributed by atoms with Gasteiger partial charge in [0, 0.05) is 19.3 Å². The van der Waals surface area contributed by atoms with Crippen molar-refractivity contribution in [2.75, 3.05) is 41.0 Å². The van der Waals surface area contributed by atoms with E-state index >= 15 is 0 Å². The standard InChI is InChI=1S/C56H105NO7/c1-6-8-10-12-14-16-18-20-22-24-26-27-28-29-31-33-35-37-39-41-43-45-47-55(59)64-52(50-62-49-48-53(56(60)61)57(3,4)5)51-63-54(58)46-44-42-40-38-36-34-32-30-25-23-21-19-17-15-13-11-9-7-2/h28-30,32,52-53H,6-27,31,33-51H2,1-5H3/b29-28+,32-30+. The van der Waals surface area contributed by atoms with E-state index in [4.69, 9.17) is 14.2 Å². The Kier molecular flexibility index (Phi) is 45.7. The first-order chi connectivity index (χ1) is 31.1. The molecule has 8 heteroatoms. The molecular formula is C56H105NO7. The van der Waals surface area contributed by atoms with E-state index in [-0.39, 0.29) is 42.7 Å². The highest BCUT2D eigenvalue weighted by Crippen LogP contribution is 2.16. The first kappa shape index (κ1) is 61.8. The van der Waals surface area contributed by atoms with E-state index < -0.39 is 18.1 Å². The van der Waals surface area contributed by atoms with Crippen molar-refractivity contribution in [1.82, 2.24) is 0 Å². The van der Waals surface area contributed by atoms with Gasteiger partial charge >= 0.3 is 11.9 Å². The quantitative estimate of drug-likeness (QED) is 0.0259. The van der Waals surface area contributed by atoms with E-state index in [9.17, 15) is 19.5 Å². The molecule has 0 aromatic rings. The van der Waals surface area contributed by atoms with Gasteiger partial charge in [-0.25, -0.2) is 0 Å². The van der Waals surface area contributed by atoms with Crippen LogP contribution in [0, 0.1) is 0 Å². The van der Waals surface area contributed by atoms with Gasteiger partial charge in [0.05, 0.1) is 40.3 Å². The maximum Gasteiger partial charge on any atom is 0.306 e. The number of likely N-dealkylation sites (N-methyl/N-ethyl adjacent to an activating group) is 1. The highest BCUT2D eigenvalue weighted by atomic mass is 16.6. The molecule has 0 aromatic carbocycles. The molecule has 0 spiro atoms. The van der Waals surface area contributed by atoms with Crippen molar-refractivity contribution in [3.8, 4) is 0 Å². The lowest BCUT2D eigenvalue weighted by Gasteiger charge is -2.34. The second-order valence-corrected chi connectivity index (χ2v) is 19.8. The van der Waals surface area contributed by atoms with Crippen molar-refractivity contribution >= 4 is 17.9 Å². The van der Waals surface area contributed by atoms with E-state index in [1.165, 1.54) is 180 Å². The zero-order chi connectivity index (χ0) is 47.0. The van der Waals surface area contributed by atoms with E-state index in [2.05, 4.69) is 38.2 Å². The van der Waals surface area contributed by atoms with Gasteiger partial charge < -0.3 is 28.6 Å². The molecule has 2 unspecified atom stereocenters. The van der Waals surface area contributed by atoms with Crippen molar-refractivity contribution in [1.29, 1.82) is 0 Å². The van der Waals surface area contributed by atoms with Crippen LogP contribution in [0.5, 0.6) is 0 Å². The van der Waals surface area contributed by atoms with Crippen LogP contribution < -0.4 is 5.11 Å². The van der Waals surface area contributed by atoms with Crippen molar-refractivity contribution in [3.63, 3.8) is 0 Å². The number of ether oxygens (including phenoxy) is 3. The Hall–Kier alpha value is -2.19. The summed E-state index contributed by atoms with van der Waals surface area (Å²) in [7, 11) is 5.42. The molecule has 0 saturated heterocycles. The van der Waals surface area contributed by atoms with Crippen LogP contribution in [0.15, 0.2) is 24.3 Å². The number of unbranched alkanes of at least 4 members (excludes halogenated alkanes) is 32. The maximum absolute atomic E-state index is 12.8. The molecule has 2 atom stereocenters. The Morgan fingerprint density at radius 3 is 1.12 bits per heavy atom. The lowest BCUT2D eigenvalue weighted by molar-refractivity contribution is -0.889. The van der Waals surface area contributed by atoms with E-state index in [1.54, 1.807) is 0 Å². The fraction of sp³-hybridized carbons (Fsp3) is 0.875. The van der Waals surface area contributed by atoms with Crippen LogP contribution >= 0.6 is 0 Å². The van der Waals surface area contributed by atoms with Gasteiger partial charge in [-0.2, -0.15) is 0 Å². The third-order valence-electron chi connectivity index (χ3n) is 12.6. The monoisotopic (exact) mass is 904 g/mol. The number of carboxylic acids is 1. The summed E-state index contributed by atoms with van der Waals surface area (Å²) in [5, 5.41) is 11.7. The Morgan fingerprint density at radius 2 is 0.781 bits per heavy atom. The molecule has 376 valence electrons. The Labute approximate surface area is 396 Å². The molecule has 0 fully saturated rings. The van der Waals surface area contributed by atoms with E-state index in [1.807, 2.05) is 21.1 Å². The van der Waals surface area contributed by atoms with Gasteiger partial charge in [0.1, 0.15) is 12.6 Å². The van der Waals surface area contributed by atoms with Crippen molar-refractivity contribution in [2.24, 2.45) is 0 Å². The van der Waals surface area contributed by atoms with Gasteiger partial charge in [-0.1, -0.05) is 205 Å². The molecule has 0 saturated carbocycles. The van der Waals surface area contributed by atoms with E-state index in [0.29, 0.717) is 12.8 Å². The van der Waals surface area contributed by atoms with Crippen LogP contribution in [0.25, 0.3) is 0 Å². The van der Waals surface area contributed by atoms with Gasteiger partial charge in [-0.15, -0.1) is 0 Å². The number of hydrogen-bond donors (Lipinski definition) is 0. The average Bonchev–Trinajstić information content (AvgIpc) is 3.26. The highest BCUT2D eigenvalue weighted by molar-refractivity contribution is 5.70. The second-order valence-electron chi connectivity index (χ2n) is 19.8. The molecule has 0 aliphatic carbocycles. The first-order valence-electron chi connectivity index (χ1n) is 27.4. The fourth-order valence-corrected chi connectivity index (χ4v) is 8.30. The van der Waals surface area contributed by atoms with Gasteiger partial charge in [-0.3, -0.25) is 9.59 Å². The SMILES string of the molecule is CCCCCCCCCCC/C=C/CCCCCCCC(=O)OCC(COCCC(C(=O)[O-])[N+](C)(C)C)OC(=O)CCCCCCCCC/C=C/CCCCCCCCCCCCC. The molecule has 0 bridgehead atoms. The minimum atomic E-state index is -1.12. The summed E-state index contributed by atoms with van der Waals surface area (Å²) in [6.07, 6.45) is 55.0. The number of carbonyl (C=O) groups excluding carboxylic acids is 3. The Morgan fingerprint density at radius 1 is 0.453 bits per heavy atom. The van der Waals surface area contributed by atoms with Crippen molar-refractivity contribution < 1.29 is 38.2 Å². The van der Waals surface area contributed by atoms with Crippen LogP contribution in [-0.4, -0.2) is 75.5 Å².